The summed E-state index contributed by atoms with van der Waals surface area (Å²) in [5, 5.41) is 14.6. The first kappa shape index (κ1) is 13.8. The molecule has 0 amide bonds. The van der Waals surface area contributed by atoms with Crippen LogP contribution in [0.5, 0.6) is 0 Å². The standard InChI is InChI=1S/C16H22N2O/c1-5-18-14(10-11-17-18)15(19)12-6-8-13(9-7-12)16(2,3)4/h6-11,15,19H,5H2,1-4H3. The summed E-state index contributed by atoms with van der Waals surface area (Å²) in [4.78, 5) is 0. The molecule has 0 aliphatic carbocycles. The van der Waals surface area contributed by atoms with Crippen LogP contribution in [0.3, 0.4) is 0 Å². The Labute approximate surface area is 114 Å². The van der Waals surface area contributed by atoms with E-state index in [1.165, 1.54) is 5.56 Å². The van der Waals surface area contributed by atoms with Crippen LogP contribution in [0.1, 0.15) is 50.6 Å². The normalized spacial score (nSPS) is 13.5. The van der Waals surface area contributed by atoms with Gasteiger partial charge < -0.3 is 5.11 Å². The molecule has 1 aromatic carbocycles. The van der Waals surface area contributed by atoms with Gasteiger partial charge in [-0.05, 0) is 29.5 Å². The Bertz CT molecular complexity index is 535. The molecule has 0 bridgehead atoms. The minimum atomic E-state index is -0.614. The number of hydrogen-bond donors (Lipinski definition) is 1. The molecule has 0 saturated carbocycles. The van der Waals surface area contributed by atoms with Crippen molar-refractivity contribution in [2.24, 2.45) is 0 Å². The van der Waals surface area contributed by atoms with Crippen LogP contribution in [-0.2, 0) is 12.0 Å². The summed E-state index contributed by atoms with van der Waals surface area (Å²) in [5.41, 5.74) is 3.15. The zero-order valence-corrected chi connectivity index (χ0v) is 12.1. The predicted octanol–water partition coefficient (Wildman–Crippen LogP) is 3.28. The highest BCUT2D eigenvalue weighted by Crippen LogP contribution is 2.26. The van der Waals surface area contributed by atoms with Gasteiger partial charge >= 0.3 is 0 Å². The Balaban J connectivity index is 2.28. The Morgan fingerprint density at radius 3 is 2.32 bits per heavy atom. The fourth-order valence-corrected chi connectivity index (χ4v) is 2.18. The molecule has 1 N–H and O–H groups in total. The van der Waals surface area contributed by atoms with Gasteiger partial charge in [0.15, 0.2) is 0 Å². The molecule has 1 unspecified atom stereocenters. The van der Waals surface area contributed by atoms with Gasteiger partial charge in [-0.2, -0.15) is 5.10 Å². The summed E-state index contributed by atoms with van der Waals surface area (Å²) in [6.07, 6.45) is 1.11. The SMILES string of the molecule is CCn1nccc1C(O)c1ccc(C(C)(C)C)cc1. The Morgan fingerprint density at radius 2 is 1.79 bits per heavy atom. The number of aryl methyl sites for hydroxylation is 1. The third kappa shape index (κ3) is 2.87. The number of aliphatic hydroxyl groups is 1. The maximum atomic E-state index is 10.4. The Hall–Kier alpha value is -1.61. The van der Waals surface area contributed by atoms with Crippen molar-refractivity contribution < 1.29 is 5.11 Å². The number of aromatic nitrogens is 2. The van der Waals surface area contributed by atoms with Gasteiger partial charge in [-0.1, -0.05) is 45.0 Å². The molecule has 102 valence electrons. The van der Waals surface area contributed by atoms with Gasteiger partial charge in [0.25, 0.3) is 0 Å². The van der Waals surface area contributed by atoms with E-state index in [0.29, 0.717) is 0 Å². The van der Waals surface area contributed by atoms with Crippen LogP contribution in [0.4, 0.5) is 0 Å². The van der Waals surface area contributed by atoms with E-state index in [1.807, 2.05) is 29.8 Å². The highest BCUT2D eigenvalue weighted by atomic mass is 16.3. The van der Waals surface area contributed by atoms with E-state index in [4.69, 9.17) is 0 Å². The Kier molecular flexibility index (Phi) is 3.76. The summed E-state index contributed by atoms with van der Waals surface area (Å²) in [7, 11) is 0. The number of hydrogen-bond acceptors (Lipinski definition) is 2. The predicted molar refractivity (Wildman–Crippen MR) is 77.1 cm³/mol. The van der Waals surface area contributed by atoms with Gasteiger partial charge in [0.1, 0.15) is 6.10 Å². The minimum Gasteiger partial charge on any atom is -0.382 e. The molecular weight excluding hydrogens is 236 g/mol. The lowest BCUT2D eigenvalue weighted by atomic mass is 9.86. The molecule has 2 aromatic rings. The molecule has 1 aromatic heterocycles. The second-order valence-electron chi connectivity index (χ2n) is 5.85. The lowest BCUT2D eigenvalue weighted by molar-refractivity contribution is 0.208. The fraction of sp³-hybridized carbons (Fsp3) is 0.438. The molecular formula is C16H22N2O. The van der Waals surface area contributed by atoms with Crippen molar-refractivity contribution in [3.05, 3.63) is 53.3 Å². The monoisotopic (exact) mass is 258 g/mol. The van der Waals surface area contributed by atoms with E-state index < -0.39 is 6.10 Å². The highest BCUT2D eigenvalue weighted by molar-refractivity contribution is 5.31. The molecule has 0 aliphatic heterocycles. The molecule has 0 spiro atoms. The number of nitrogens with zero attached hydrogens (tertiary/aromatic N) is 2. The average molecular weight is 258 g/mol. The summed E-state index contributed by atoms with van der Waals surface area (Å²) >= 11 is 0. The maximum absolute atomic E-state index is 10.4. The average Bonchev–Trinajstić information content (AvgIpc) is 2.85. The first-order chi connectivity index (χ1) is 8.93. The van der Waals surface area contributed by atoms with Crippen molar-refractivity contribution in [3.8, 4) is 0 Å². The van der Waals surface area contributed by atoms with Crippen LogP contribution in [-0.4, -0.2) is 14.9 Å². The van der Waals surface area contributed by atoms with Crippen molar-refractivity contribution in [2.75, 3.05) is 0 Å². The fourth-order valence-electron chi connectivity index (χ4n) is 2.18. The van der Waals surface area contributed by atoms with Gasteiger partial charge in [0.2, 0.25) is 0 Å². The molecule has 2 rings (SSSR count). The molecule has 1 heterocycles. The summed E-state index contributed by atoms with van der Waals surface area (Å²) in [6, 6.07) is 10.0. The van der Waals surface area contributed by atoms with E-state index in [-0.39, 0.29) is 5.41 Å². The van der Waals surface area contributed by atoms with E-state index in [2.05, 4.69) is 38.0 Å². The summed E-state index contributed by atoms with van der Waals surface area (Å²) < 4.78 is 1.82. The third-order valence-corrected chi connectivity index (χ3v) is 3.42. The molecule has 0 fully saturated rings. The first-order valence-corrected chi connectivity index (χ1v) is 6.73. The second kappa shape index (κ2) is 5.17. The van der Waals surface area contributed by atoms with Crippen molar-refractivity contribution in [3.63, 3.8) is 0 Å². The number of rotatable bonds is 3. The lowest BCUT2D eigenvalue weighted by Gasteiger charge is -2.20. The van der Waals surface area contributed by atoms with Gasteiger partial charge in [0.05, 0.1) is 5.69 Å². The molecule has 0 saturated heterocycles. The molecule has 0 aliphatic rings. The van der Waals surface area contributed by atoms with Gasteiger partial charge in [0, 0.05) is 12.7 Å². The Morgan fingerprint density at radius 1 is 1.16 bits per heavy atom. The quantitative estimate of drug-likeness (QED) is 0.917. The van der Waals surface area contributed by atoms with Crippen LogP contribution in [0.2, 0.25) is 0 Å². The summed E-state index contributed by atoms with van der Waals surface area (Å²) in [6.45, 7) is 9.34. The van der Waals surface area contributed by atoms with Crippen LogP contribution in [0.25, 0.3) is 0 Å². The van der Waals surface area contributed by atoms with Gasteiger partial charge in [-0.25, -0.2) is 0 Å². The van der Waals surface area contributed by atoms with E-state index >= 15 is 0 Å². The third-order valence-electron chi connectivity index (χ3n) is 3.42. The van der Waals surface area contributed by atoms with Gasteiger partial charge in [-0.15, -0.1) is 0 Å². The highest BCUT2D eigenvalue weighted by Gasteiger charge is 2.17. The molecule has 19 heavy (non-hydrogen) atoms. The van der Waals surface area contributed by atoms with E-state index in [9.17, 15) is 5.11 Å². The number of aliphatic hydroxyl groups excluding tert-OH is 1. The zero-order valence-electron chi connectivity index (χ0n) is 12.1. The van der Waals surface area contributed by atoms with Crippen LogP contribution < -0.4 is 0 Å². The van der Waals surface area contributed by atoms with Crippen LogP contribution in [0, 0.1) is 0 Å². The zero-order chi connectivity index (χ0) is 14.0. The van der Waals surface area contributed by atoms with Crippen molar-refractivity contribution >= 4 is 0 Å². The van der Waals surface area contributed by atoms with Crippen LogP contribution in [0.15, 0.2) is 36.5 Å². The van der Waals surface area contributed by atoms with Crippen molar-refractivity contribution in [1.29, 1.82) is 0 Å². The van der Waals surface area contributed by atoms with E-state index in [1.54, 1.807) is 6.20 Å². The smallest absolute Gasteiger partial charge is 0.121 e. The summed E-state index contributed by atoms with van der Waals surface area (Å²) in [5.74, 6) is 0. The van der Waals surface area contributed by atoms with Crippen molar-refractivity contribution in [2.45, 2.75) is 45.8 Å². The molecule has 3 heteroatoms. The van der Waals surface area contributed by atoms with Crippen molar-refractivity contribution in [1.82, 2.24) is 9.78 Å². The van der Waals surface area contributed by atoms with E-state index in [0.717, 1.165) is 17.8 Å². The molecule has 3 nitrogen and oxygen atoms in total. The molecule has 0 radical (unpaired) electrons. The largest absolute Gasteiger partial charge is 0.382 e. The topological polar surface area (TPSA) is 38.0 Å². The minimum absolute atomic E-state index is 0.134. The first-order valence-electron chi connectivity index (χ1n) is 6.73. The second-order valence-corrected chi connectivity index (χ2v) is 5.85. The lowest BCUT2D eigenvalue weighted by Crippen LogP contribution is -2.12. The van der Waals surface area contributed by atoms with Crippen LogP contribution >= 0.6 is 0 Å². The molecule has 1 atom stereocenters. The maximum Gasteiger partial charge on any atom is 0.121 e. The van der Waals surface area contributed by atoms with Gasteiger partial charge in [-0.3, -0.25) is 4.68 Å². The number of benzene rings is 1.